The highest BCUT2D eigenvalue weighted by Gasteiger charge is 2.66. The minimum atomic E-state index is -1.10. The van der Waals surface area contributed by atoms with E-state index in [4.69, 9.17) is 22.2 Å². The minimum absolute atomic E-state index is 0.00248. The van der Waals surface area contributed by atoms with Gasteiger partial charge in [-0.1, -0.05) is 59.3 Å². The summed E-state index contributed by atoms with van der Waals surface area (Å²) in [6, 6.07) is -0.129. The van der Waals surface area contributed by atoms with Crippen LogP contribution in [0.4, 0.5) is 4.39 Å². The number of unbranched alkanes of at least 4 members (excludes halogenated alkanes) is 4. The van der Waals surface area contributed by atoms with E-state index in [-0.39, 0.29) is 40.8 Å². The predicted octanol–water partition coefficient (Wildman–Crippen LogP) is 3.76. The van der Waals surface area contributed by atoms with Gasteiger partial charge in [-0.25, -0.2) is 4.39 Å². The van der Waals surface area contributed by atoms with E-state index in [0.717, 1.165) is 64.3 Å². The Labute approximate surface area is 249 Å². The van der Waals surface area contributed by atoms with Crippen molar-refractivity contribution in [3.63, 3.8) is 0 Å². The van der Waals surface area contributed by atoms with Gasteiger partial charge in [-0.15, -0.1) is 0 Å². The number of halogens is 1. The van der Waals surface area contributed by atoms with Crippen LogP contribution in [0.3, 0.4) is 0 Å². The second-order valence-electron chi connectivity index (χ2n) is 13.5. The molecule has 9 N–H and O–H groups in total. The molecule has 41 heavy (non-hydrogen) atoms. The standard InChI is InChI=1S/C32H62FN7O/c1-5-8-9-10-11-12-25-28(23(14-17-38-25)24(37-4)13-16-34)40-30(41)27(29(35)36)26-19-31(7-3)21-32(31,15-6-2)18-22(33)20-39-26/h20,22-29,37-38H,5-19,21,34-36H2,1-4H3,(H,40,41). The molecule has 1 aliphatic carbocycles. The van der Waals surface area contributed by atoms with Crippen LogP contribution in [0, 0.1) is 22.7 Å². The van der Waals surface area contributed by atoms with E-state index in [1.807, 2.05) is 7.05 Å². The Morgan fingerprint density at radius 2 is 1.88 bits per heavy atom. The zero-order valence-electron chi connectivity index (χ0n) is 26.5. The molecule has 3 rings (SSSR count). The summed E-state index contributed by atoms with van der Waals surface area (Å²) >= 11 is 0. The van der Waals surface area contributed by atoms with Crippen molar-refractivity contribution in [2.24, 2.45) is 44.9 Å². The van der Waals surface area contributed by atoms with Crippen LogP contribution in [0.2, 0.25) is 0 Å². The Balaban J connectivity index is 1.84. The van der Waals surface area contributed by atoms with E-state index >= 15 is 4.39 Å². The Bertz CT molecular complexity index is 828. The molecular formula is C32H62FN7O. The number of carbonyl (C=O) groups is 1. The second-order valence-corrected chi connectivity index (χ2v) is 13.5. The van der Waals surface area contributed by atoms with E-state index in [0.29, 0.717) is 13.0 Å². The van der Waals surface area contributed by atoms with E-state index < -0.39 is 24.3 Å². The number of piperidine rings is 1. The van der Waals surface area contributed by atoms with Crippen LogP contribution in [-0.2, 0) is 4.79 Å². The molecule has 0 aromatic rings. The van der Waals surface area contributed by atoms with Crippen LogP contribution in [-0.4, -0.2) is 68.8 Å². The lowest BCUT2D eigenvalue weighted by Gasteiger charge is -2.44. The first kappa shape index (κ1) is 34.4. The average Bonchev–Trinajstić information content (AvgIpc) is 3.54. The number of rotatable bonds is 17. The van der Waals surface area contributed by atoms with E-state index in [1.165, 1.54) is 31.9 Å². The first-order valence-electron chi connectivity index (χ1n) is 16.8. The van der Waals surface area contributed by atoms with Crippen molar-refractivity contribution in [2.45, 2.75) is 147 Å². The van der Waals surface area contributed by atoms with Gasteiger partial charge in [-0.2, -0.15) is 0 Å². The molecule has 1 saturated heterocycles. The van der Waals surface area contributed by atoms with Gasteiger partial charge >= 0.3 is 0 Å². The third-order valence-electron chi connectivity index (χ3n) is 10.9. The third-order valence-corrected chi connectivity index (χ3v) is 10.9. The maximum absolute atomic E-state index is 15.1. The molecule has 2 fully saturated rings. The summed E-state index contributed by atoms with van der Waals surface area (Å²) < 4.78 is 15.1. The van der Waals surface area contributed by atoms with Crippen LogP contribution in [0.5, 0.6) is 0 Å². The second kappa shape index (κ2) is 16.1. The quantitative estimate of drug-likeness (QED) is 0.114. The first-order chi connectivity index (χ1) is 19.7. The highest BCUT2D eigenvalue weighted by Crippen LogP contribution is 2.73. The largest absolute Gasteiger partial charge is 0.351 e. The smallest absolute Gasteiger partial charge is 0.228 e. The zero-order chi connectivity index (χ0) is 30.0. The van der Waals surface area contributed by atoms with Crippen LogP contribution in [0.1, 0.15) is 111 Å². The molecule has 0 spiro atoms. The number of amides is 1. The van der Waals surface area contributed by atoms with E-state index in [1.54, 1.807) is 0 Å². The monoisotopic (exact) mass is 579 g/mol. The van der Waals surface area contributed by atoms with Gasteiger partial charge in [-0.05, 0) is 88.3 Å². The molecule has 2 aliphatic heterocycles. The molecule has 0 aromatic heterocycles. The molecule has 3 aliphatic rings. The average molecular weight is 580 g/mol. The Morgan fingerprint density at radius 3 is 2.51 bits per heavy atom. The molecule has 1 amide bonds. The summed E-state index contributed by atoms with van der Waals surface area (Å²) in [6.07, 6.45) is 13.6. The molecular weight excluding hydrogens is 517 g/mol. The van der Waals surface area contributed by atoms with Gasteiger partial charge in [0, 0.05) is 24.3 Å². The fourth-order valence-electron chi connectivity index (χ4n) is 8.63. The molecule has 238 valence electrons. The summed E-state index contributed by atoms with van der Waals surface area (Å²) in [5, 5.41) is 10.7. The molecule has 2 heterocycles. The lowest BCUT2D eigenvalue weighted by atomic mass is 9.75. The number of nitrogens with one attached hydrogen (secondary N) is 3. The Hall–Kier alpha value is -1.13. The molecule has 9 heteroatoms. The maximum atomic E-state index is 15.1. The number of nitrogens with two attached hydrogens (primary N) is 3. The van der Waals surface area contributed by atoms with Gasteiger partial charge < -0.3 is 33.2 Å². The van der Waals surface area contributed by atoms with Gasteiger partial charge in [0.05, 0.1) is 18.1 Å². The van der Waals surface area contributed by atoms with Crippen LogP contribution >= 0.6 is 0 Å². The number of fused-ring (bicyclic) bond motifs is 1. The summed E-state index contributed by atoms with van der Waals surface area (Å²) in [7, 11) is 1.98. The first-order valence-corrected chi connectivity index (χ1v) is 16.8. The van der Waals surface area contributed by atoms with Crippen LogP contribution < -0.4 is 33.2 Å². The zero-order valence-corrected chi connectivity index (χ0v) is 26.5. The summed E-state index contributed by atoms with van der Waals surface area (Å²) in [5.41, 5.74) is 18.7. The number of hydrogen-bond acceptors (Lipinski definition) is 7. The maximum Gasteiger partial charge on any atom is 0.228 e. The van der Waals surface area contributed by atoms with Crippen LogP contribution in [0.15, 0.2) is 4.99 Å². The van der Waals surface area contributed by atoms with Gasteiger partial charge in [-0.3, -0.25) is 9.79 Å². The van der Waals surface area contributed by atoms with Crippen molar-refractivity contribution >= 4 is 12.1 Å². The molecule has 8 nitrogen and oxygen atoms in total. The molecule has 9 atom stereocenters. The van der Waals surface area contributed by atoms with Gasteiger partial charge in [0.15, 0.2) is 0 Å². The van der Waals surface area contributed by atoms with Gasteiger partial charge in [0.1, 0.15) is 6.17 Å². The minimum Gasteiger partial charge on any atom is -0.351 e. The van der Waals surface area contributed by atoms with E-state index in [9.17, 15) is 4.79 Å². The van der Waals surface area contributed by atoms with Gasteiger partial charge in [0.2, 0.25) is 5.91 Å². The molecule has 9 unspecified atom stereocenters. The number of carbonyl (C=O) groups excluding carboxylic acids is 1. The summed E-state index contributed by atoms with van der Waals surface area (Å²) in [5.74, 6) is -0.624. The van der Waals surface area contributed by atoms with Crippen LogP contribution in [0.25, 0.3) is 0 Å². The topological polar surface area (TPSA) is 144 Å². The fraction of sp³-hybridized carbons (Fsp3) is 0.938. The highest BCUT2D eigenvalue weighted by molar-refractivity contribution is 5.81. The van der Waals surface area contributed by atoms with Crippen molar-refractivity contribution < 1.29 is 9.18 Å². The van der Waals surface area contributed by atoms with Crippen molar-refractivity contribution in [2.75, 3.05) is 20.1 Å². The predicted molar refractivity (Wildman–Crippen MR) is 168 cm³/mol. The van der Waals surface area contributed by atoms with Crippen molar-refractivity contribution in [1.82, 2.24) is 16.0 Å². The van der Waals surface area contributed by atoms with Crippen molar-refractivity contribution in [3.8, 4) is 0 Å². The summed E-state index contributed by atoms with van der Waals surface area (Å²) in [4.78, 5) is 18.9. The molecule has 0 radical (unpaired) electrons. The number of hydrogen-bond donors (Lipinski definition) is 6. The third kappa shape index (κ3) is 8.28. The van der Waals surface area contributed by atoms with Crippen molar-refractivity contribution in [3.05, 3.63) is 0 Å². The number of nitrogens with zero attached hydrogens (tertiary/aromatic N) is 1. The molecule has 1 saturated carbocycles. The van der Waals surface area contributed by atoms with E-state index in [2.05, 4.69) is 36.7 Å². The number of alkyl halides is 1. The fourth-order valence-corrected chi connectivity index (χ4v) is 8.63. The van der Waals surface area contributed by atoms with Gasteiger partial charge in [0.25, 0.3) is 0 Å². The lowest BCUT2D eigenvalue weighted by Crippen LogP contribution is -2.64. The molecule has 0 aromatic carbocycles. The number of aliphatic imine (C=N–C) groups is 1. The lowest BCUT2D eigenvalue weighted by molar-refractivity contribution is -0.128. The normalized spacial score (nSPS) is 34.9. The van der Waals surface area contributed by atoms with Crippen molar-refractivity contribution in [1.29, 1.82) is 0 Å². The Kier molecular flexibility index (Phi) is 13.5. The SMILES string of the molecule is CCCCCCCC1NCCC(C(CCN)NC)C1NC(=O)C(C(N)N)C1CC2(CC)CC2(CCC)CC(F)C=N1. The highest BCUT2D eigenvalue weighted by atomic mass is 19.1. The Morgan fingerprint density at radius 1 is 1.12 bits per heavy atom. The summed E-state index contributed by atoms with van der Waals surface area (Å²) in [6.45, 7) is 8.12. The molecule has 0 bridgehead atoms.